The summed E-state index contributed by atoms with van der Waals surface area (Å²) in [6, 6.07) is 14.8. The summed E-state index contributed by atoms with van der Waals surface area (Å²) in [7, 11) is 0. The van der Waals surface area contributed by atoms with Crippen molar-refractivity contribution < 1.29 is 19.8 Å². The van der Waals surface area contributed by atoms with Crippen molar-refractivity contribution in [3.05, 3.63) is 65.7 Å². The van der Waals surface area contributed by atoms with Crippen LogP contribution in [-0.2, 0) is 22.4 Å². The molecule has 0 aromatic heterocycles. The maximum Gasteiger partial charge on any atom is 0.326 e. The first-order valence-electron chi connectivity index (χ1n) is 7.38. The van der Waals surface area contributed by atoms with E-state index in [1.807, 2.05) is 30.3 Å². The van der Waals surface area contributed by atoms with Crippen LogP contribution in [0.5, 0.6) is 5.75 Å². The fraction of sp³-hybridized carbons (Fsp3) is 0.222. The Labute approximate surface area is 134 Å². The number of hydrogen-bond donors (Lipinski definition) is 3. The Bertz CT molecular complexity index is 652. The number of aromatic hydroxyl groups is 1. The van der Waals surface area contributed by atoms with Crippen LogP contribution in [0.25, 0.3) is 0 Å². The van der Waals surface area contributed by atoms with Gasteiger partial charge in [-0.2, -0.15) is 0 Å². The van der Waals surface area contributed by atoms with Gasteiger partial charge in [0.15, 0.2) is 0 Å². The Morgan fingerprint density at radius 3 is 2.22 bits per heavy atom. The van der Waals surface area contributed by atoms with Crippen LogP contribution in [0.15, 0.2) is 54.6 Å². The summed E-state index contributed by atoms with van der Waals surface area (Å²) >= 11 is 0. The second kappa shape index (κ2) is 7.98. The SMILES string of the molecule is O=C(CCc1ccc(O)cc1)N[C@@H](Cc1ccccc1)C(=O)O. The lowest BCUT2D eigenvalue weighted by Gasteiger charge is -2.14. The van der Waals surface area contributed by atoms with Gasteiger partial charge in [-0.15, -0.1) is 0 Å². The molecule has 1 atom stereocenters. The van der Waals surface area contributed by atoms with Crippen molar-refractivity contribution in [2.45, 2.75) is 25.3 Å². The number of rotatable bonds is 7. The highest BCUT2D eigenvalue weighted by molar-refractivity contribution is 5.83. The first-order valence-corrected chi connectivity index (χ1v) is 7.38. The number of aliphatic carboxylic acids is 1. The Kier molecular flexibility index (Phi) is 5.74. The number of carboxylic acid groups (broad SMARTS) is 1. The first-order chi connectivity index (χ1) is 11.0. The zero-order chi connectivity index (χ0) is 16.7. The molecule has 0 aliphatic carbocycles. The third kappa shape index (κ3) is 5.47. The van der Waals surface area contributed by atoms with Crippen LogP contribution in [0.2, 0.25) is 0 Å². The van der Waals surface area contributed by atoms with Crippen molar-refractivity contribution in [1.29, 1.82) is 0 Å². The van der Waals surface area contributed by atoms with Gasteiger partial charge in [0.25, 0.3) is 0 Å². The minimum Gasteiger partial charge on any atom is -0.508 e. The van der Waals surface area contributed by atoms with E-state index in [9.17, 15) is 19.8 Å². The van der Waals surface area contributed by atoms with E-state index in [4.69, 9.17) is 0 Å². The molecule has 0 aliphatic heterocycles. The molecule has 0 unspecified atom stereocenters. The number of carbonyl (C=O) groups is 2. The van der Waals surface area contributed by atoms with E-state index >= 15 is 0 Å². The molecule has 2 aromatic carbocycles. The monoisotopic (exact) mass is 313 g/mol. The van der Waals surface area contributed by atoms with E-state index in [0.29, 0.717) is 6.42 Å². The summed E-state index contributed by atoms with van der Waals surface area (Å²) in [6.45, 7) is 0. The molecule has 0 aliphatic rings. The Balaban J connectivity index is 1.88. The molecular formula is C18H19NO4. The number of carboxylic acids is 1. The van der Waals surface area contributed by atoms with Crippen molar-refractivity contribution in [1.82, 2.24) is 5.32 Å². The van der Waals surface area contributed by atoms with Crippen molar-refractivity contribution >= 4 is 11.9 Å². The zero-order valence-corrected chi connectivity index (χ0v) is 12.6. The van der Waals surface area contributed by atoms with Crippen LogP contribution in [0.1, 0.15) is 17.5 Å². The summed E-state index contributed by atoms with van der Waals surface area (Å²) in [5.41, 5.74) is 1.77. The second-order valence-corrected chi connectivity index (χ2v) is 5.31. The van der Waals surface area contributed by atoms with Gasteiger partial charge < -0.3 is 15.5 Å². The van der Waals surface area contributed by atoms with E-state index in [1.54, 1.807) is 24.3 Å². The number of benzene rings is 2. The summed E-state index contributed by atoms with van der Waals surface area (Å²) in [4.78, 5) is 23.3. The topological polar surface area (TPSA) is 86.6 Å². The fourth-order valence-electron chi connectivity index (χ4n) is 2.24. The van der Waals surface area contributed by atoms with Crippen molar-refractivity contribution in [3.63, 3.8) is 0 Å². The average Bonchev–Trinajstić information content (AvgIpc) is 2.54. The lowest BCUT2D eigenvalue weighted by atomic mass is 10.1. The van der Waals surface area contributed by atoms with Crippen molar-refractivity contribution in [2.75, 3.05) is 0 Å². The molecular weight excluding hydrogens is 294 g/mol. The number of aryl methyl sites for hydroxylation is 1. The fourth-order valence-corrected chi connectivity index (χ4v) is 2.24. The molecule has 0 bridgehead atoms. The largest absolute Gasteiger partial charge is 0.508 e. The molecule has 2 aromatic rings. The molecule has 5 nitrogen and oxygen atoms in total. The predicted octanol–water partition coefficient (Wildman–Crippen LogP) is 2.14. The molecule has 120 valence electrons. The minimum absolute atomic E-state index is 0.173. The summed E-state index contributed by atoms with van der Waals surface area (Å²) in [6.07, 6.45) is 0.939. The second-order valence-electron chi connectivity index (χ2n) is 5.31. The highest BCUT2D eigenvalue weighted by Gasteiger charge is 2.20. The molecule has 3 N–H and O–H groups in total. The van der Waals surface area contributed by atoms with Crippen LogP contribution in [0.4, 0.5) is 0 Å². The number of phenols is 1. The van der Waals surface area contributed by atoms with E-state index < -0.39 is 12.0 Å². The van der Waals surface area contributed by atoms with Gasteiger partial charge in [0.1, 0.15) is 11.8 Å². The summed E-state index contributed by atoms with van der Waals surface area (Å²) in [5, 5.41) is 21.0. The zero-order valence-electron chi connectivity index (χ0n) is 12.6. The molecule has 0 heterocycles. The molecule has 0 radical (unpaired) electrons. The summed E-state index contributed by atoms with van der Waals surface area (Å²) < 4.78 is 0. The van der Waals surface area contributed by atoms with E-state index in [-0.39, 0.29) is 24.5 Å². The Morgan fingerprint density at radius 1 is 0.957 bits per heavy atom. The normalized spacial score (nSPS) is 11.7. The molecule has 0 saturated carbocycles. The quantitative estimate of drug-likeness (QED) is 0.731. The highest BCUT2D eigenvalue weighted by atomic mass is 16.4. The maximum absolute atomic E-state index is 12.0. The van der Waals surface area contributed by atoms with Crippen LogP contribution in [0.3, 0.4) is 0 Å². The molecule has 1 amide bonds. The third-order valence-electron chi connectivity index (χ3n) is 3.49. The van der Waals surface area contributed by atoms with Gasteiger partial charge in [-0.25, -0.2) is 4.79 Å². The van der Waals surface area contributed by atoms with Gasteiger partial charge in [-0.3, -0.25) is 4.79 Å². The Hall–Kier alpha value is -2.82. The average molecular weight is 313 g/mol. The molecule has 0 fully saturated rings. The van der Waals surface area contributed by atoms with Gasteiger partial charge in [0.2, 0.25) is 5.91 Å². The van der Waals surface area contributed by atoms with E-state index in [0.717, 1.165) is 11.1 Å². The maximum atomic E-state index is 12.0. The third-order valence-corrected chi connectivity index (χ3v) is 3.49. The molecule has 5 heteroatoms. The first kappa shape index (κ1) is 16.5. The molecule has 23 heavy (non-hydrogen) atoms. The standard InChI is InChI=1S/C18H19NO4/c20-15-9-6-13(7-10-15)8-11-17(21)19-16(18(22)23)12-14-4-2-1-3-5-14/h1-7,9-10,16,20H,8,11-12H2,(H,19,21)(H,22,23)/t16-/m0/s1. The molecule has 2 rings (SSSR count). The van der Waals surface area contributed by atoms with Gasteiger partial charge in [0, 0.05) is 12.8 Å². The van der Waals surface area contributed by atoms with Crippen LogP contribution in [-0.4, -0.2) is 28.1 Å². The Morgan fingerprint density at radius 2 is 1.61 bits per heavy atom. The van der Waals surface area contributed by atoms with Gasteiger partial charge in [-0.1, -0.05) is 42.5 Å². The van der Waals surface area contributed by atoms with Gasteiger partial charge >= 0.3 is 5.97 Å². The van der Waals surface area contributed by atoms with Gasteiger partial charge in [0.05, 0.1) is 0 Å². The highest BCUT2D eigenvalue weighted by Crippen LogP contribution is 2.11. The number of nitrogens with one attached hydrogen (secondary N) is 1. The van der Waals surface area contributed by atoms with Gasteiger partial charge in [-0.05, 0) is 29.7 Å². The van der Waals surface area contributed by atoms with Crippen LogP contribution >= 0.6 is 0 Å². The minimum atomic E-state index is -1.05. The number of hydrogen-bond acceptors (Lipinski definition) is 3. The predicted molar refractivity (Wildman–Crippen MR) is 86.1 cm³/mol. The lowest BCUT2D eigenvalue weighted by Crippen LogP contribution is -2.42. The smallest absolute Gasteiger partial charge is 0.326 e. The van der Waals surface area contributed by atoms with Crippen LogP contribution < -0.4 is 5.32 Å². The number of amides is 1. The van der Waals surface area contributed by atoms with E-state index in [1.165, 1.54) is 0 Å². The van der Waals surface area contributed by atoms with E-state index in [2.05, 4.69) is 5.32 Å². The number of carbonyl (C=O) groups excluding carboxylic acids is 1. The molecule has 0 saturated heterocycles. The number of phenolic OH excluding ortho intramolecular Hbond substituents is 1. The van der Waals surface area contributed by atoms with Crippen LogP contribution in [0, 0.1) is 0 Å². The summed E-state index contributed by atoms with van der Waals surface area (Å²) in [5.74, 6) is -1.18. The molecule has 0 spiro atoms. The lowest BCUT2D eigenvalue weighted by molar-refractivity contribution is -0.141. The van der Waals surface area contributed by atoms with Crippen molar-refractivity contribution in [3.8, 4) is 5.75 Å². The van der Waals surface area contributed by atoms with Crippen molar-refractivity contribution in [2.24, 2.45) is 0 Å².